The van der Waals surface area contributed by atoms with E-state index in [1.807, 2.05) is 36.4 Å². The first-order chi connectivity index (χ1) is 13.2. The van der Waals surface area contributed by atoms with E-state index in [-0.39, 0.29) is 17.9 Å². The summed E-state index contributed by atoms with van der Waals surface area (Å²) in [6, 6.07) is 20.2. The van der Waals surface area contributed by atoms with Crippen LogP contribution in [-0.4, -0.2) is 55.5 Å². The van der Waals surface area contributed by atoms with E-state index in [2.05, 4.69) is 29.2 Å². The molecule has 2 aromatic rings. The number of hydrogen-bond donors (Lipinski definition) is 1. The number of imide groups is 1. The Kier molecular flexibility index (Phi) is 5.21. The molecular weight excluding hydrogens is 338 g/mol. The van der Waals surface area contributed by atoms with Crippen LogP contribution in [0.5, 0.6) is 0 Å². The van der Waals surface area contributed by atoms with Gasteiger partial charge in [-0.15, -0.1) is 0 Å². The van der Waals surface area contributed by atoms with Gasteiger partial charge < -0.3 is 9.80 Å². The van der Waals surface area contributed by atoms with Crippen LogP contribution < -0.4 is 9.80 Å². The molecule has 0 aliphatic carbocycles. The molecule has 2 amide bonds. The second kappa shape index (κ2) is 7.92. The normalized spacial score (nSPS) is 21.1. The number of carbonyl (C=O) groups is 2. The molecule has 2 aromatic carbocycles. The van der Waals surface area contributed by atoms with Gasteiger partial charge in [0.1, 0.15) is 0 Å². The van der Waals surface area contributed by atoms with Crippen LogP contribution in [0.25, 0.3) is 0 Å². The van der Waals surface area contributed by atoms with E-state index in [1.54, 1.807) is 0 Å². The van der Waals surface area contributed by atoms with Gasteiger partial charge in [-0.2, -0.15) is 0 Å². The number of nitrogens with one attached hydrogen (secondary N) is 1. The number of benzene rings is 2. The predicted molar refractivity (Wildman–Crippen MR) is 105 cm³/mol. The predicted octanol–water partition coefficient (Wildman–Crippen LogP) is 0.762. The van der Waals surface area contributed by atoms with Crippen molar-refractivity contribution in [1.82, 2.24) is 4.90 Å². The Labute approximate surface area is 160 Å². The van der Waals surface area contributed by atoms with E-state index >= 15 is 0 Å². The molecule has 0 bridgehead atoms. The summed E-state index contributed by atoms with van der Waals surface area (Å²) >= 11 is 0. The summed E-state index contributed by atoms with van der Waals surface area (Å²) in [5.74, 6) is -0.00184. The zero-order chi connectivity index (χ0) is 18.6. The van der Waals surface area contributed by atoms with Crippen LogP contribution in [0.3, 0.4) is 0 Å². The standard InChI is InChI=1S/C22H25N3O2/c26-21-17-20(22(27)25(21)12-11-18-7-3-1-4-8-18)24-15-13-23(14-16-24)19-9-5-2-6-10-19/h1-10,20H,11-17H2/p+1. The number of amides is 2. The molecule has 0 aromatic heterocycles. The third-order valence-corrected chi connectivity index (χ3v) is 5.73. The lowest BCUT2D eigenvalue weighted by Crippen LogP contribution is -3.19. The number of nitrogens with zero attached hydrogens (tertiary/aromatic N) is 2. The summed E-state index contributed by atoms with van der Waals surface area (Å²) in [5, 5.41) is 0. The van der Waals surface area contributed by atoms with Gasteiger partial charge in [0.15, 0.2) is 6.04 Å². The fraction of sp³-hybridized carbons (Fsp3) is 0.364. The highest BCUT2D eigenvalue weighted by Gasteiger charge is 2.45. The summed E-state index contributed by atoms with van der Waals surface area (Å²) in [7, 11) is 0. The van der Waals surface area contributed by atoms with Gasteiger partial charge in [0, 0.05) is 12.2 Å². The average molecular weight is 364 g/mol. The van der Waals surface area contributed by atoms with Crippen molar-refractivity contribution < 1.29 is 14.5 Å². The molecule has 4 rings (SSSR count). The number of hydrogen-bond acceptors (Lipinski definition) is 3. The molecule has 2 aliphatic rings. The van der Waals surface area contributed by atoms with Crippen molar-refractivity contribution in [1.29, 1.82) is 0 Å². The van der Waals surface area contributed by atoms with Crippen molar-refractivity contribution in [2.45, 2.75) is 18.9 Å². The summed E-state index contributed by atoms with van der Waals surface area (Å²) in [6.45, 7) is 4.11. The first-order valence-electron chi connectivity index (χ1n) is 9.75. The van der Waals surface area contributed by atoms with Gasteiger partial charge in [0.2, 0.25) is 5.91 Å². The molecule has 5 heteroatoms. The Bertz CT molecular complexity index is 786. The minimum absolute atomic E-state index is 0.0130. The Balaban J connectivity index is 1.34. The van der Waals surface area contributed by atoms with Crippen LogP contribution in [0.15, 0.2) is 60.7 Å². The van der Waals surface area contributed by atoms with E-state index in [0.29, 0.717) is 13.0 Å². The smallest absolute Gasteiger partial charge is 0.288 e. The Hall–Kier alpha value is -2.66. The number of quaternary nitrogens is 1. The topological polar surface area (TPSA) is 45.1 Å². The second-order valence-corrected chi connectivity index (χ2v) is 7.36. The summed E-state index contributed by atoms with van der Waals surface area (Å²) in [6.07, 6.45) is 1.08. The molecule has 0 radical (unpaired) electrons. The van der Waals surface area contributed by atoms with E-state index in [1.165, 1.54) is 15.5 Å². The summed E-state index contributed by atoms with van der Waals surface area (Å²) in [4.78, 5) is 30.4. The molecule has 1 unspecified atom stereocenters. The highest BCUT2D eigenvalue weighted by molar-refractivity contribution is 6.04. The maximum atomic E-state index is 12.9. The van der Waals surface area contributed by atoms with Gasteiger partial charge in [-0.25, -0.2) is 0 Å². The van der Waals surface area contributed by atoms with Crippen molar-refractivity contribution in [3.8, 4) is 0 Å². The Morgan fingerprint density at radius 2 is 1.52 bits per heavy atom. The van der Waals surface area contributed by atoms with Crippen LogP contribution in [0, 0.1) is 0 Å². The van der Waals surface area contributed by atoms with Crippen molar-refractivity contribution in [2.75, 3.05) is 37.6 Å². The first kappa shape index (κ1) is 17.7. The molecule has 1 N–H and O–H groups in total. The number of likely N-dealkylation sites (tertiary alicyclic amines) is 1. The monoisotopic (exact) mass is 364 g/mol. The lowest BCUT2D eigenvalue weighted by molar-refractivity contribution is -0.915. The fourth-order valence-electron chi connectivity index (χ4n) is 4.16. The SMILES string of the molecule is O=C1CC([NH+]2CCN(c3ccccc3)CC2)C(=O)N1CCc1ccccc1. The van der Waals surface area contributed by atoms with Crippen LogP contribution in [0.1, 0.15) is 12.0 Å². The van der Waals surface area contributed by atoms with Crippen LogP contribution in [0.2, 0.25) is 0 Å². The second-order valence-electron chi connectivity index (χ2n) is 7.36. The van der Waals surface area contributed by atoms with Gasteiger partial charge >= 0.3 is 0 Å². The van der Waals surface area contributed by atoms with Gasteiger partial charge in [-0.05, 0) is 24.1 Å². The quantitative estimate of drug-likeness (QED) is 0.797. The van der Waals surface area contributed by atoms with E-state index in [0.717, 1.165) is 38.2 Å². The number of para-hydroxylation sites is 1. The summed E-state index contributed by atoms with van der Waals surface area (Å²) in [5.41, 5.74) is 2.39. The van der Waals surface area contributed by atoms with Gasteiger partial charge in [0.25, 0.3) is 5.91 Å². The van der Waals surface area contributed by atoms with E-state index in [4.69, 9.17) is 0 Å². The highest BCUT2D eigenvalue weighted by Crippen LogP contribution is 2.15. The van der Waals surface area contributed by atoms with Gasteiger partial charge in [-0.3, -0.25) is 14.5 Å². The molecule has 2 fully saturated rings. The van der Waals surface area contributed by atoms with Crippen LogP contribution in [-0.2, 0) is 16.0 Å². The van der Waals surface area contributed by atoms with Crippen LogP contribution >= 0.6 is 0 Å². The zero-order valence-corrected chi connectivity index (χ0v) is 15.5. The Morgan fingerprint density at radius 3 is 2.19 bits per heavy atom. The van der Waals surface area contributed by atoms with E-state index < -0.39 is 0 Å². The maximum Gasteiger partial charge on any atom is 0.288 e. The van der Waals surface area contributed by atoms with Gasteiger partial charge in [-0.1, -0.05) is 48.5 Å². The van der Waals surface area contributed by atoms with Gasteiger partial charge in [0.05, 0.1) is 32.6 Å². The number of anilines is 1. The van der Waals surface area contributed by atoms with Crippen LogP contribution in [0.4, 0.5) is 5.69 Å². The molecule has 1 atom stereocenters. The largest absolute Gasteiger partial charge is 0.360 e. The van der Waals surface area contributed by atoms with Crippen molar-refractivity contribution >= 4 is 17.5 Å². The van der Waals surface area contributed by atoms with Crippen molar-refractivity contribution in [3.63, 3.8) is 0 Å². The molecule has 5 nitrogen and oxygen atoms in total. The molecule has 140 valence electrons. The highest BCUT2D eigenvalue weighted by atomic mass is 16.2. The first-order valence-corrected chi connectivity index (χ1v) is 9.75. The Morgan fingerprint density at radius 1 is 0.889 bits per heavy atom. The molecule has 0 saturated carbocycles. The third kappa shape index (κ3) is 3.88. The maximum absolute atomic E-state index is 12.9. The summed E-state index contributed by atoms with van der Waals surface area (Å²) < 4.78 is 0. The lowest BCUT2D eigenvalue weighted by Gasteiger charge is -2.35. The molecular formula is C22H26N3O2+. The lowest BCUT2D eigenvalue weighted by atomic mass is 10.1. The molecule has 2 heterocycles. The van der Waals surface area contributed by atoms with E-state index in [9.17, 15) is 9.59 Å². The molecule has 2 aliphatic heterocycles. The minimum atomic E-state index is -0.203. The number of carbonyl (C=O) groups excluding carboxylic acids is 2. The third-order valence-electron chi connectivity index (χ3n) is 5.73. The number of rotatable bonds is 5. The average Bonchev–Trinajstić information content (AvgIpc) is 3.01. The molecule has 27 heavy (non-hydrogen) atoms. The molecule has 0 spiro atoms. The zero-order valence-electron chi connectivity index (χ0n) is 15.5. The fourth-order valence-corrected chi connectivity index (χ4v) is 4.16. The minimum Gasteiger partial charge on any atom is -0.360 e. The van der Waals surface area contributed by atoms with Crippen molar-refractivity contribution in [3.05, 3.63) is 66.2 Å². The number of piperazine rings is 1. The molecule has 2 saturated heterocycles. The van der Waals surface area contributed by atoms with Crippen molar-refractivity contribution in [2.24, 2.45) is 0 Å².